The molecule has 0 unspecified atom stereocenters. The monoisotopic (exact) mass is 215 g/mol. The normalized spacial score (nSPS) is 10.4. The zero-order chi connectivity index (χ0) is 11.7. The lowest BCUT2D eigenvalue weighted by molar-refractivity contribution is 0.628. The summed E-state index contributed by atoms with van der Waals surface area (Å²) in [5.74, 6) is -0.220. The highest BCUT2D eigenvalue weighted by molar-refractivity contribution is 5.73. The van der Waals surface area contributed by atoms with Crippen LogP contribution in [-0.2, 0) is 0 Å². The largest absolute Gasteiger partial charge is 0.398 e. The van der Waals surface area contributed by atoms with E-state index in [0.717, 1.165) is 27.9 Å². The van der Waals surface area contributed by atoms with Crippen molar-refractivity contribution >= 4 is 5.69 Å². The Kier molecular flexibility index (Phi) is 2.65. The van der Waals surface area contributed by atoms with Crippen molar-refractivity contribution in [3.05, 3.63) is 53.3 Å². The summed E-state index contributed by atoms with van der Waals surface area (Å²) in [5, 5.41) is 0. The number of halogens is 1. The number of rotatable bonds is 1. The van der Waals surface area contributed by atoms with Crippen LogP contribution < -0.4 is 5.73 Å². The SMILES string of the molecule is Cc1cc(N)c(C)c(-c2ccc(F)cc2)c1. The summed E-state index contributed by atoms with van der Waals surface area (Å²) in [5.41, 5.74) is 10.9. The van der Waals surface area contributed by atoms with E-state index in [0.29, 0.717) is 0 Å². The van der Waals surface area contributed by atoms with E-state index < -0.39 is 0 Å². The summed E-state index contributed by atoms with van der Waals surface area (Å²) in [6, 6.07) is 10.5. The predicted molar refractivity (Wildman–Crippen MR) is 65.7 cm³/mol. The highest BCUT2D eigenvalue weighted by atomic mass is 19.1. The van der Waals surface area contributed by atoms with Gasteiger partial charge >= 0.3 is 0 Å². The molecule has 2 rings (SSSR count). The van der Waals surface area contributed by atoms with E-state index in [1.54, 1.807) is 12.1 Å². The molecule has 0 aliphatic carbocycles. The van der Waals surface area contributed by atoms with Gasteiger partial charge < -0.3 is 5.73 Å². The zero-order valence-corrected chi connectivity index (χ0v) is 9.42. The minimum Gasteiger partial charge on any atom is -0.398 e. The molecule has 0 amide bonds. The summed E-state index contributed by atoms with van der Waals surface area (Å²) in [6.45, 7) is 3.98. The third-order valence-corrected chi connectivity index (χ3v) is 2.75. The molecular weight excluding hydrogens is 201 g/mol. The number of benzene rings is 2. The summed E-state index contributed by atoms with van der Waals surface area (Å²) in [6.07, 6.45) is 0. The summed E-state index contributed by atoms with van der Waals surface area (Å²) >= 11 is 0. The Morgan fingerprint density at radius 1 is 1.00 bits per heavy atom. The van der Waals surface area contributed by atoms with Gasteiger partial charge in [-0.25, -0.2) is 4.39 Å². The maximum atomic E-state index is 12.8. The van der Waals surface area contributed by atoms with Gasteiger partial charge in [-0.1, -0.05) is 18.2 Å². The molecule has 0 aliphatic heterocycles. The Balaban J connectivity index is 2.59. The standard InChI is InChI=1S/C14H14FN/c1-9-7-13(10(2)14(16)8-9)11-3-5-12(15)6-4-11/h3-8H,16H2,1-2H3. The Morgan fingerprint density at radius 3 is 2.25 bits per heavy atom. The third-order valence-electron chi connectivity index (χ3n) is 2.75. The molecule has 0 aromatic heterocycles. The molecule has 0 aliphatic rings. The first-order chi connectivity index (χ1) is 7.58. The van der Waals surface area contributed by atoms with Crippen molar-refractivity contribution in [1.82, 2.24) is 0 Å². The van der Waals surface area contributed by atoms with Crippen LogP contribution in [0.15, 0.2) is 36.4 Å². The molecule has 82 valence electrons. The minimum atomic E-state index is -0.220. The molecule has 2 heteroatoms. The Morgan fingerprint density at radius 2 is 1.62 bits per heavy atom. The molecular formula is C14H14FN. The van der Waals surface area contributed by atoms with Crippen LogP contribution in [0.4, 0.5) is 10.1 Å². The summed E-state index contributed by atoms with van der Waals surface area (Å²) in [7, 11) is 0. The summed E-state index contributed by atoms with van der Waals surface area (Å²) < 4.78 is 12.8. The van der Waals surface area contributed by atoms with E-state index >= 15 is 0 Å². The van der Waals surface area contributed by atoms with Crippen molar-refractivity contribution in [2.45, 2.75) is 13.8 Å². The van der Waals surface area contributed by atoms with E-state index in [4.69, 9.17) is 5.73 Å². The molecule has 0 saturated carbocycles. The molecule has 0 bridgehead atoms. The van der Waals surface area contributed by atoms with Crippen molar-refractivity contribution < 1.29 is 4.39 Å². The molecule has 16 heavy (non-hydrogen) atoms. The molecule has 2 N–H and O–H groups in total. The molecule has 0 saturated heterocycles. The van der Waals surface area contributed by atoms with E-state index in [1.807, 2.05) is 19.9 Å². The smallest absolute Gasteiger partial charge is 0.123 e. The molecule has 0 atom stereocenters. The highest BCUT2D eigenvalue weighted by Crippen LogP contribution is 2.28. The first-order valence-electron chi connectivity index (χ1n) is 5.20. The van der Waals surface area contributed by atoms with Gasteiger partial charge in [0, 0.05) is 5.69 Å². The van der Waals surface area contributed by atoms with E-state index in [1.165, 1.54) is 12.1 Å². The van der Waals surface area contributed by atoms with Crippen LogP contribution in [0.25, 0.3) is 11.1 Å². The molecule has 0 spiro atoms. The fourth-order valence-corrected chi connectivity index (χ4v) is 1.82. The average Bonchev–Trinajstić information content (AvgIpc) is 2.25. The molecule has 2 aromatic carbocycles. The van der Waals surface area contributed by atoms with Crippen LogP contribution in [0.5, 0.6) is 0 Å². The maximum Gasteiger partial charge on any atom is 0.123 e. The van der Waals surface area contributed by atoms with Crippen molar-refractivity contribution in [2.24, 2.45) is 0 Å². The second-order valence-electron chi connectivity index (χ2n) is 4.03. The van der Waals surface area contributed by atoms with E-state index in [-0.39, 0.29) is 5.82 Å². The predicted octanol–water partition coefficient (Wildman–Crippen LogP) is 3.69. The zero-order valence-electron chi connectivity index (χ0n) is 9.42. The Hall–Kier alpha value is -1.83. The van der Waals surface area contributed by atoms with Gasteiger partial charge in [-0.15, -0.1) is 0 Å². The topological polar surface area (TPSA) is 26.0 Å². The van der Waals surface area contributed by atoms with Gasteiger partial charge in [-0.2, -0.15) is 0 Å². The quantitative estimate of drug-likeness (QED) is 0.721. The van der Waals surface area contributed by atoms with Crippen molar-refractivity contribution in [3.8, 4) is 11.1 Å². The second-order valence-corrected chi connectivity index (χ2v) is 4.03. The number of anilines is 1. The number of aryl methyl sites for hydroxylation is 1. The average molecular weight is 215 g/mol. The first-order valence-corrected chi connectivity index (χ1v) is 5.20. The minimum absolute atomic E-state index is 0.220. The second kappa shape index (κ2) is 3.97. The van der Waals surface area contributed by atoms with Gasteiger partial charge in [0.15, 0.2) is 0 Å². The van der Waals surface area contributed by atoms with Crippen LogP contribution in [0.3, 0.4) is 0 Å². The first kappa shape index (κ1) is 10.7. The number of hydrogen-bond donors (Lipinski definition) is 1. The molecule has 0 fully saturated rings. The van der Waals surface area contributed by atoms with Crippen LogP contribution in [0, 0.1) is 19.7 Å². The Labute approximate surface area is 94.7 Å². The van der Waals surface area contributed by atoms with Crippen molar-refractivity contribution in [2.75, 3.05) is 5.73 Å². The van der Waals surface area contributed by atoms with Gasteiger partial charge in [0.25, 0.3) is 0 Å². The molecule has 1 nitrogen and oxygen atoms in total. The van der Waals surface area contributed by atoms with Crippen molar-refractivity contribution in [3.63, 3.8) is 0 Å². The van der Waals surface area contributed by atoms with Gasteiger partial charge in [0.1, 0.15) is 5.82 Å². The lowest BCUT2D eigenvalue weighted by atomic mass is 9.97. The molecule has 2 aromatic rings. The number of nitrogen functional groups attached to an aromatic ring is 1. The van der Waals surface area contributed by atoms with Gasteiger partial charge in [0.05, 0.1) is 0 Å². The van der Waals surface area contributed by atoms with Crippen LogP contribution in [-0.4, -0.2) is 0 Å². The van der Waals surface area contributed by atoms with Crippen LogP contribution >= 0.6 is 0 Å². The third kappa shape index (κ3) is 1.91. The number of hydrogen-bond acceptors (Lipinski definition) is 1. The maximum absolute atomic E-state index is 12.8. The number of nitrogens with two attached hydrogens (primary N) is 1. The van der Waals surface area contributed by atoms with E-state index in [9.17, 15) is 4.39 Å². The van der Waals surface area contributed by atoms with Crippen LogP contribution in [0.1, 0.15) is 11.1 Å². The highest BCUT2D eigenvalue weighted by Gasteiger charge is 2.05. The van der Waals surface area contributed by atoms with E-state index in [2.05, 4.69) is 6.07 Å². The Bertz CT molecular complexity index is 515. The molecule has 0 heterocycles. The van der Waals surface area contributed by atoms with Gasteiger partial charge in [-0.05, 0) is 54.3 Å². The van der Waals surface area contributed by atoms with Crippen LogP contribution in [0.2, 0.25) is 0 Å². The van der Waals surface area contributed by atoms with Gasteiger partial charge in [-0.3, -0.25) is 0 Å². The summed E-state index contributed by atoms with van der Waals surface area (Å²) in [4.78, 5) is 0. The lowest BCUT2D eigenvalue weighted by Crippen LogP contribution is -1.94. The van der Waals surface area contributed by atoms with Crippen molar-refractivity contribution in [1.29, 1.82) is 0 Å². The molecule has 0 radical (unpaired) electrons. The van der Waals surface area contributed by atoms with Gasteiger partial charge in [0.2, 0.25) is 0 Å². The fourth-order valence-electron chi connectivity index (χ4n) is 1.82. The fraction of sp³-hybridized carbons (Fsp3) is 0.143. The lowest BCUT2D eigenvalue weighted by Gasteiger charge is -2.10.